The minimum Gasteiger partial charge on any atom is -0.388 e. The molecule has 0 aliphatic rings. The van der Waals surface area contributed by atoms with E-state index in [1.165, 1.54) is 6.07 Å². The van der Waals surface area contributed by atoms with Crippen LogP contribution in [0.15, 0.2) is 6.07 Å². The molecule has 0 radical (unpaired) electrons. The van der Waals surface area contributed by atoms with Crippen molar-refractivity contribution < 1.29 is 17.9 Å². The third-order valence-corrected chi connectivity index (χ3v) is 2.84. The molecule has 7 heteroatoms. The van der Waals surface area contributed by atoms with E-state index in [2.05, 4.69) is 9.72 Å². The van der Waals surface area contributed by atoms with Crippen LogP contribution in [0.25, 0.3) is 0 Å². The van der Waals surface area contributed by atoms with E-state index in [0.717, 1.165) is 0 Å². The highest BCUT2D eigenvalue weighted by Crippen LogP contribution is 2.26. The Morgan fingerprint density at radius 2 is 2.13 bits per heavy atom. The van der Waals surface area contributed by atoms with Gasteiger partial charge in [0.05, 0.1) is 5.88 Å². The van der Waals surface area contributed by atoms with Gasteiger partial charge in [-0.15, -0.1) is 24.8 Å². The fourth-order valence-corrected chi connectivity index (χ4v) is 2.37. The largest absolute Gasteiger partial charge is 0.574 e. The average molecular weight is 351 g/mol. The van der Waals surface area contributed by atoms with E-state index >= 15 is 0 Å². The average Bonchev–Trinajstić information content (AvgIpc) is 1.99. The van der Waals surface area contributed by atoms with Crippen LogP contribution in [0.2, 0.25) is 0 Å². The van der Waals surface area contributed by atoms with Gasteiger partial charge in [-0.25, -0.2) is 4.98 Å². The predicted molar refractivity (Wildman–Crippen MR) is 57.9 cm³/mol. The van der Waals surface area contributed by atoms with Gasteiger partial charge in [0.25, 0.3) is 0 Å². The lowest BCUT2D eigenvalue weighted by molar-refractivity contribution is -0.276. The first-order valence-electron chi connectivity index (χ1n) is 3.81. The van der Waals surface area contributed by atoms with Crippen LogP contribution in [0.3, 0.4) is 0 Å². The summed E-state index contributed by atoms with van der Waals surface area (Å²) in [5.41, 5.74) is 1.16. The van der Waals surface area contributed by atoms with Gasteiger partial charge in [-0.2, -0.15) is 0 Å². The first kappa shape index (κ1) is 12.8. The summed E-state index contributed by atoms with van der Waals surface area (Å²) in [6.07, 6.45) is -4.72. The number of alkyl halides is 4. The van der Waals surface area contributed by atoms with Crippen molar-refractivity contribution in [3.8, 4) is 5.88 Å². The maximum atomic E-state index is 11.9. The highest BCUT2D eigenvalue weighted by atomic mass is 127. The Morgan fingerprint density at radius 1 is 1.53 bits per heavy atom. The topological polar surface area (TPSA) is 22.1 Å². The Labute approximate surface area is 103 Å². The summed E-state index contributed by atoms with van der Waals surface area (Å²) >= 11 is 7.51. The fraction of sp³-hybridized carbons (Fsp3) is 0.375. The van der Waals surface area contributed by atoms with E-state index in [0.29, 0.717) is 14.8 Å². The lowest BCUT2D eigenvalue weighted by atomic mass is 10.2. The van der Waals surface area contributed by atoms with Gasteiger partial charge < -0.3 is 4.74 Å². The molecule has 1 rings (SSSR count). The summed E-state index contributed by atoms with van der Waals surface area (Å²) in [6.45, 7) is 1.59. The van der Waals surface area contributed by atoms with E-state index in [1.54, 1.807) is 6.92 Å². The second-order valence-corrected chi connectivity index (χ2v) is 4.12. The standard InChI is InChI=1S/C8H6ClF3INO/c1-4-5(3-9)6(13)2-7(14-4)15-8(10,11)12/h2H,3H2,1H3. The molecule has 0 aliphatic heterocycles. The van der Waals surface area contributed by atoms with Crippen LogP contribution in [-0.2, 0) is 5.88 Å². The zero-order valence-corrected chi connectivity index (χ0v) is 10.4. The van der Waals surface area contributed by atoms with Gasteiger partial charge in [0.2, 0.25) is 5.88 Å². The Balaban J connectivity index is 3.04. The number of nitrogens with zero attached hydrogens (tertiary/aromatic N) is 1. The lowest BCUT2D eigenvalue weighted by Crippen LogP contribution is -2.18. The Morgan fingerprint density at radius 3 is 2.53 bits per heavy atom. The molecule has 0 bridgehead atoms. The summed E-state index contributed by atoms with van der Waals surface area (Å²) in [5.74, 6) is -0.248. The zero-order chi connectivity index (χ0) is 11.6. The number of hydrogen-bond acceptors (Lipinski definition) is 2. The van der Waals surface area contributed by atoms with Crippen molar-refractivity contribution in [2.24, 2.45) is 0 Å². The van der Waals surface area contributed by atoms with E-state index in [1.807, 2.05) is 22.6 Å². The predicted octanol–water partition coefficient (Wildman–Crippen LogP) is 3.63. The van der Waals surface area contributed by atoms with Crippen molar-refractivity contribution in [2.75, 3.05) is 0 Å². The van der Waals surface area contributed by atoms with Gasteiger partial charge in [0, 0.05) is 20.9 Å². The summed E-state index contributed by atoms with van der Waals surface area (Å²) in [6, 6.07) is 1.21. The number of aromatic nitrogens is 1. The van der Waals surface area contributed by atoms with Crippen molar-refractivity contribution in [2.45, 2.75) is 19.2 Å². The molecule has 1 aromatic rings. The smallest absolute Gasteiger partial charge is 0.388 e. The first-order valence-corrected chi connectivity index (χ1v) is 5.42. The van der Waals surface area contributed by atoms with Gasteiger partial charge in [-0.05, 0) is 29.5 Å². The minimum absolute atomic E-state index is 0.212. The lowest BCUT2D eigenvalue weighted by Gasteiger charge is -2.11. The molecule has 0 saturated heterocycles. The number of aryl methyl sites for hydroxylation is 1. The molecular formula is C8H6ClF3INO. The van der Waals surface area contributed by atoms with Crippen molar-refractivity contribution in [1.82, 2.24) is 4.98 Å². The maximum Gasteiger partial charge on any atom is 0.574 e. The van der Waals surface area contributed by atoms with Gasteiger partial charge in [-0.3, -0.25) is 0 Å². The second kappa shape index (κ2) is 4.73. The number of ether oxygens (including phenoxy) is 1. The van der Waals surface area contributed by atoms with Crippen molar-refractivity contribution in [1.29, 1.82) is 0 Å². The third kappa shape index (κ3) is 3.67. The maximum absolute atomic E-state index is 11.9. The van der Waals surface area contributed by atoms with Crippen LogP contribution in [0.5, 0.6) is 5.88 Å². The monoisotopic (exact) mass is 351 g/mol. The van der Waals surface area contributed by atoms with Crippen molar-refractivity contribution in [3.63, 3.8) is 0 Å². The summed E-state index contributed by atoms with van der Waals surface area (Å²) in [7, 11) is 0. The van der Waals surface area contributed by atoms with Crippen LogP contribution in [0.4, 0.5) is 13.2 Å². The molecule has 2 nitrogen and oxygen atoms in total. The second-order valence-electron chi connectivity index (χ2n) is 2.69. The molecule has 0 N–H and O–H groups in total. The molecule has 15 heavy (non-hydrogen) atoms. The van der Waals surface area contributed by atoms with Crippen LogP contribution in [0.1, 0.15) is 11.3 Å². The Hall–Kier alpha value is -0.240. The Bertz CT molecular complexity index is 346. The summed E-state index contributed by atoms with van der Waals surface area (Å²) in [4.78, 5) is 3.66. The number of hydrogen-bond donors (Lipinski definition) is 0. The molecule has 84 valence electrons. The van der Waals surface area contributed by atoms with Gasteiger partial charge in [0.15, 0.2) is 0 Å². The van der Waals surface area contributed by atoms with Crippen LogP contribution < -0.4 is 4.74 Å². The fourth-order valence-electron chi connectivity index (χ4n) is 0.965. The van der Waals surface area contributed by atoms with Gasteiger partial charge >= 0.3 is 6.36 Å². The van der Waals surface area contributed by atoms with E-state index < -0.39 is 12.2 Å². The zero-order valence-electron chi connectivity index (χ0n) is 7.53. The van der Waals surface area contributed by atoms with Crippen LogP contribution >= 0.6 is 34.2 Å². The third-order valence-electron chi connectivity index (χ3n) is 1.61. The SMILES string of the molecule is Cc1nc(OC(F)(F)F)cc(I)c1CCl. The minimum atomic E-state index is -4.72. The quantitative estimate of drug-likeness (QED) is 0.600. The van der Waals surface area contributed by atoms with Crippen molar-refractivity contribution in [3.05, 3.63) is 20.9 Å². The highest BCUT2D eigenvalue weighted by molar-refractivity contribution is 14.1. The molecule has 0 spiro atoms. The molecule has 0 unspecified atom stereocenters. The number of halogens is 5. The van der Waals surface area contributed by atoms with Crippen LogP contribution in [0, 0.1) is 10.5 Å². The molecular weight excluding hydrogens is 345 g/mol. The van der Waals surface area contributed by atoms with E-state index in [9.17, 15) is 13.2 Å². The molecule has 1 aromatic heterocycles. The first-order chi connectivity index (χ1) is 6.83. The highest BCUT2D eigenvalue weighted by Gasteiger charge is 2.32. The van der Waals surface area contributed by atoms with Gasteiger partial charge in [0.1, 0.15) is 0 Å². The van der Waals surface area contributed by atoms with Gasteiger partial charge in [-0.1, -0.05) is 0 Å². The summed E-state index contributed by atoms with van der Waals surface area (Å²) < 4.78 is 40.0. The molecule has 1 heterocycles. The molecule has 0 aliphatic carbocycles. The number of pyridine rings is 1. The molecule has 0 amide bonds. The molecule has 0 aromatic carbocycles. The molecule has 0 fully saturated rings. The Kier molecular flexibility index (Phi) is 4.05. The molecule has 0 atom stereocenters. The van der Waals surface area contributed by atoms with E-state index in [-0.39, 0.29) is 5.88 Å². The molecule has 0 saturated carbocycles. The summed E-state index contributed by atoms with van der Waals surface area (Å²) in [5, 5.41) is 0. The normalized spacial score (nSPS) is 11.6. The van der Waals surface area contributed by atoms with Crippen LogP contribution in [-0.4, -0.2) is 11.3 Å². The number of rotatable bonds is 2. The van der Waals surface area contributed by atoms with Crippen molar-refractivity contribution >= 4 is 34.2 Å². The van der Waals surface area contributed by atoms with E-state index in [4.69, 9.17) is 11.6 Å².